The number of rotatable bonds is 13. The second-order valence-corrected chi connectivity index (χ2v) is 12.6. The molecule has 0 fully saturated rings. The van der Waals surface area contributed by atoms with Crippen LogP contribution in [0.25, 0.3) is 0 Å². The first-order chi connectivity index (χ1) is 18.5. The molecule has 0 aliphatic carbocycles. The van der Waals surface area contributed by atoms with Crippen molar-refractivity contribution >= 4 is 17.8 Å². The Bertz CT molecular complexity index is 878. The van der Waals surface area contributed by atoms with Crippen molar-refractivity contribution in [2.24, 2.45) is 11.3 Å². The van der Waals surface area contributed by atoms with E-state index in [4.69, 9.17) is 0 Å². The van der Waals surface area contributed by atoms with Gasteiger partial charge in [-0.25, -0.2) is 4.79 Å². The second-order valence-electron chi connectivity index (χ2n) is 12.6. The van der Waals surface area contributed by atoms with Crippen LogP contribution in [0.5, 0.6) is 0 Å². The molecule has 1 aromatic carbocycles. The third-order valence-electron chi connectivity index (χ3n) is 6.01. The number of nitrogens with zero attached hydrogens (tertiary/aromatic N) is 1. The summed E-state index contributed by atoms with van der Waals surface area (Å²) >= 11 is 0. The second kappa shape index (κ2) is 17.9. The topological polar surface area (TPSA) is 123 Å². The molecule has 0 spiro atoms. The van der Waals surface area contributed by atoms with Crippen molar-refractivity contribution in [1.29, 1.82) is 0 Å². The zero-order valence-electron chi connectivity index (χ0n) is 26.9. The van der Waals surface area contributed by atoms with Crippen LogP contribution in [0.1, 0.15) is 81.2 Å². The van der Waals surface area contributed by atoms with Gasteiger partial charge in [-0.2, -0.15) is 0 Å². The third-order valence-corrected chi connectivity index (χ3v) is 6.01. The summed E-state index contributed by atoms with van der Waals surface area (Å²) in [6, 6.07) is 7.84. The van der Waals surface area contributed by atoms with Crippen molar-refractivity contribution in [2.75, 3.05) is 26.7 Å². The molecule has 4 amide bonds. The molecule has 0 radical (unpaired) electrons. The van der Waals surface area contributed by atoms with Crippen LogP contribution in [-0.2, 0) is 16.0 Å². The molecule has 0 unspecified atom stereocenters. The molecule has 40 heavy (non-hydrogen) atoms. The summed E-state index contributed by atoms with van der Waals surface area (Å²) in [5.41, 5.74) is -0.0522. The van der Waals surface area contributed by atoms with Crippen molar-refractivity contribution in [3.63, 3.8) is 0 Å². The number of amides is 4. The van der Waals surface area contributed by atoms with E-state index in [1.165, 1.54) is 0 Å². The molecule has 1 rings (SSSR count). The standard InChI is InChI=1S/C29H51N5O4.C2H6/c1-20(2)15-16-34(27(38)33-29(6,7)8)19-23(35)22(17-21-13-11-10-12-14-21)31-26(37)25(28(3,4)5)32-24(36)18-30-9;1-2/h10-14,20,22-23,25,30,35H,15-19H2,1-9H3,(H,31,37)(H,32,36)(H,33,38);1-2H3/t22-,23+,25+;/m0./s1. The first-order valence-corrected chi connectivity index (χ1v) is 14.6. The van der Waals surface area contributed by atoms with Gasteiger partial charge in [0.2, 0.25) is 11.8 Å². The highest BCUT2D eigenvalue weighted by Crippen LogP contribution is 2.20. The molecule has 9 heteroatoms. The fraction of sp³-hybridized carbons (Fsp3) is 0.710. The van der Waals surface area contributed by atoms with Crippen molar-refractivity contribution < 1.29 is 19.5 Å². The van der Waals surface area contributed by atoms with E-state index in [1.807, 2.05) is 85.7 Å². The van der Waals surface area contributed by atoms with Gasteiger partial charge in [-0.3, -0.25) is 9.59 Å². The summed E-state index contributed by atoms with van der Waals surface area (Å²) in [6.45, 7) is 20.2. The highest BCUT2D eigenvalue weighted by Gasteiger charge is 2.35. The third kappa shape index (κ3) is 15.2. The van der Waals surface area contributed by atoms with E-state index < -0.39 is 29.1 Å². The summed E-state index contributed by atoms with van der Waals surface area (Å²) < 4.78 is 0. The molecule has 0 saturated heterocycles. The lowest BCUT2D eigenvalue weighted by Crippen LogP contribution is -2.60. The zero-order chi connectivity index (χ0) is 31.1. The molecule has 0 heterocycles. The quantitative estimate of drug-likeness (QED) is 0.250. The molecule has 1 aromatic rings. The fourth-order valence-corrected chi connectivity index (χ4v) is 3.91. The van der Waals surface area contributed by atoms with Gasteiger partial charge < -0.3 is 31.3 Å². The first kappa shape index (κ1) is 37.4. The van der Waals surface area contributed by atoms with E-state index in [9.17, 15) is 19.5 Å². The van der Waals surface area contributed by atoms with Crippen LogP contribution in [0.4, 0.5) is 4.79 Å². The minimum Gasteiger partial charge on any atom is -0.389 e. The Morgan fingerprint density at radius 1 is 0.950 bits per heavy atom. The van der Waals surface area contributed by atoms with Crippen molar-refractivity contribution in [3.8, 4) is 0 Å². The van der Waals surface area contributed by atoms with Gasteiger partial charge >= 0.3 is 6.03 Å². The summed E-state index contributed by atoms with van der Waals surface area (Å²) in [4.78, 5) is 40.5. The maximum Gasteiger partial charge on any atom is 0.317 e. The number of nitrogens with one attached hydrogen (secondary N) is 4. The van der Waals surface area contributed by atoms with Gasteiger partial charge in [-0.1, -0.05) is 78.8 Å². The Labute approximate surface area is 243 Å². The Morgan fingerprint density at radius 3 is 2.00 bits per heavy atom. The molecule has 0 aliphatic heterocycles. The van der Waals surface area contributed by atoms with Crippen LogP contribution in [-0.4, -0.2) is 78.3 Å². The number of urea groups is 1. The number of aliphatic hydroxyl groups is 1. The van der Waals surface area contributed by atoms with E-state index in [1.54, 1.807) is 11.9 Å². The Morgan fingerprint density at radius 2 is 1.52 bits per heavy atom. The van der Waals surface area contributed by atoms with Gasteiger partial charge in [-0.05, 0) is 57.6 Å². The van der Waals surface area contributed by atoms with Crippen LogP contribution in [0.3, 0.4) is 0 Å². The van der Waals surface area contributed by atoms with Gasteiger partial charge in [0.05, 0.1) is 25.2 Å². The molecule has 230 valence electrons. The molecule has 0 bridgehead atoms. The summed E-state index contributed by atoms with van der Waals surface area (Å²) in [5.74, 6) is -0.290. The summed E-state index contributed by atoms with van der Waals surface area (Å²) in [5, 5.41) is 23.0. The number of hydrogen-bond donors (Lipinski definition) is 5. The molecular weight excluding hydrogens is 506 g/mol. The van der Waals surface area contributed by atoms with E-state index in [0.717, 1.165) is 12.0 Å². The van der Waals surface area contributed by atoms with Gasteiger partial charge in [0.15, 0.2) is 0 Å². The van der Waals surface area contributed by atoms with Gasteiger partial charge in [0.25, 0.3) is 0 Å². The van der Waals surface area contributed by atoms with Crippen LogP contribution in [0.15, 0.2) is 30.3 Å². The molecule has 5 N–H and O–H groups in total. The molecule has 0 aliphatic rings. The predicted molar refractivity (Wildman–Crippen MR) is 164 cm³/mol. The summed E-state index contributed by atoms with van der Waals surface area (Å²) in [6.07, 6.45) is 0.114. The lowest BCUT2D eigenvalue weighted by molar-refractivity contribution is -0.132. The molecule has 0 aromatic heterocycles. The Balaban J connectivity index is 0.00000742. The van der Waals surface area contributed by atoms with E-state index in [-0.39, 0.29) is 30.9 Å². The first-order valence-electron chi connectivity index (χ1n) is 14.6. The summed E-state index contributed by atoms with van der Waals surface area (Å²) in [7, 11) is 1.67. The van der Waals surface area contributed by atoms with Crippen LogP contribution in [0.2, 0.25) is 0 Å². The van der Waals surface area contributed by atoms with Gasteiger partial charge in [-0.15, -0.1) is 0 Å². The van der Waals surface area contributed by atoms with Crippen molar-refractivity contribution in [2.45, 2.75) is 106 Å². The Hall–Kier alpha value is -2.65. The normalized spacial score (nSPS) is 13.8. The van der Waals surface area contributed by atoms with E-state index in [0.29, 0.717) is 18.9 Å². The number of likely N-dealkylation sites (N-methyl/N-ethyl adjacent to an activating group) is 1. The number of carbonyl (C=O) groups excluding carboxylic acids is 3. The monoisotopic (exact) mass is 563 g/mol. The highest BCUT2D eigenvalue weighted by atomic mass is 16.3. The van der Waals surface area contributed by atoms with Gasteiger partial charge in [0.1, 0.15) is 6.04 Å². The van der Waals surface area contributed by atoms with Crippen LogP contribution >= 0.6 is 0 Å². The number of benzene rings is 1. The minimum atomic E-state index is -1.04. The molecular formula is C31H57N5O4. The average molecular weight is 564 g/mol. The molecule has 0 saturated carbocycles. The van der Waals surface area contributed by atoms with Crippen LogP contribution in [0, 0.1) is 11.3 Å². The average Bonchev–Trinajstić information content (AvgIpc) is 2.84. The minimum absolute atomic E-state index is 0.0543. The number of aliphatic hydroxyl groups excluding tert-OH is 1. The van der Waals surface area contributed by atoms with Crippen molar-refractivity contribution in [3.05, 3.63) is 35.9 Å². The number of hydrogen-bond acceptors (Lipinski definition) is 5. The molecule has 3 atom stereocenters. The van der Waals surface area contributed by atoms with Crippen LogP contribution < -0.4 is 21.3 Å². The van der Waals surface area contributed by atoms with Gasteiger partial charge in [0, 0.05) is 12.1 Å². The van der Waals surface area contributed by atoms with Crippen molar-refractivity contribution in [1.82, 2.24) is 26.2 Å². The smallest absolute Gasteiger partial charge is 0.317 e. The van der Waals surface area contributed by atoms with E-state index >= 15 is 0 Å². The molecule has 9 nitrogen and oxygen atoms in total. The lowest BCUT2D eigenvalue weighted by Gasteiger charge is -2.35. The number of carbonyl (C=O) groups is 3. The maximum atomic E-state index is 13.5. The fourth-order valence-electron chi connectivity index (χ4n) is 3.91. The largest absolute Gasteiger partial charge is 0.389 e. The highest BCUT2D eigenvalue weighted by molar-refractivity contribution is 5.89. The Kier molecular flexibility index (Phi) is 16.7. The predicted octanol–water partition coefficient (Wildman–Crippen LogP) is 3.71. The van der Waals surface area contributed by atoms with E-state index in [2.05, 4.69) is 35.1 Å². The zero-order valence-corrected chi connectivity index (χ0v) is 26.9. The lowest BCUT2D eigenvalue weighted by atomic mass is 9.85. The maximum absolute atomic E-state index is 13.5. The SMILES string of the molecule is CC.CNCC(=O)N[C@H](C(=O)N[C@@H](Cc1ccccc1)[C@H](O)CN(CCC(C)C)C(=O)NC(C)(C)C)C(C)(C)C.